The number of hydrogen-bond acceptors (Lipinski definition) is 2. The first-order chi connectivity index (χ1) is 9.56. The predicted octanol–water partition coefficient (Wildman–Crippen LogP) is 3.57. The molecule has 0 heterocycles. The molecule has 2 N–H and O–H groups in total. The Morgan fingerprint density at radius 2 is 1.90 bits per heavy atom. The molecule has 1 atom stereocenters. The average molecular weight is 331 g/mol. The molecule has 1 aromatic rings. The van der Waals surface area contributed by atoms with Gasteiger partial charge in [-0.25, -0.2) is 0 Å². The summed E-state index contributed by atoms with van der Waals surface area (Å²) in [7, 11) is 0. The highest BCUT2D eigenvalue weighted by molar-refractivity contribution is 6.30. The van der Waals surface area contributed by atoms with Gasteiger partial charge in [0.1, 0.15) is 0 Å². The molecule has 1 unspecified atom stereocenters. The van der Waals surface area contributed by atoms with Crippen LogP contribution in [0.2, 0.25) is 5.02 Å². The van der Waals surface area contributed by atoms with Crippen LogP contribution in [0.3, 0.4) is 0 Å². The lowest BCUT2D eigenvalue weighted by atomic mass is 9.96. The maximum absolute atomic E-state index is 12.0. The van der Waals surface area contributed by atoms with Gasteiger partial charge in [0.2, 0.25) is 5.91 Å². The van der Waals surface area contributed by atoms with Crippen molar-refractivity contribution in [1.82, 2.24) is 10.6 Å². The van der Waals surface area contributed by atoms with Gasteiger partial charge in [-0.05, 0) is 48.9 Å². The van der Waals surface area contributed by atoms with Crippen molar-refractivity contribution >= 4 is 29.9 Å². The summed E-state index contributed by atoms with van der Waals surface area (Å²) in [5.74, 6) is 1.18. The highest BCUT2D eigenvalue weighted by Crippen LogP contribution is 2.27. The maximum atomic E-state index is 12.0. The van der Waals surface area contributed by atoms with Gasteiger partial charge in [-0.3, -0.25) is 4.79 Å². The number of benzene rings is 1. The topological polar surface area (TPSA) is 41.1 Å². The van der Waals surface area contributed by atoms with Crippen LogP contribution >= 0.6 is 24.0 Å². The summed E-state index contributed by atoms with van der Waals surface area (Å²) in [4.78, 5) is 12.0. The Kier molecular flexibility index (Phi) is 7.50. The lowest BCUT2D eigenvalue weighted by Crippen LogP contribution is -2.38. The SMILES string of the molecule is CC(C)C(NC(=O)CNCC1CC1)c1ccc(Cl)cc1.Cl. The Morgan fingerprint density at radius 3 is 2.43 bits per heavy atom. The molecule has 1 fully saturated rings. The van der Waals surface area contributed by atoms with Crippen LogP contribution in [-0.4, -0.2) is 19.0 Å². The smallest absolute Gasteiger partial charge is 0.234 e. The fraction of sp³-hybridized carbons (Fsp3) is 0.562. The zero-order valence-corrected chi connectivity index (χ0v) is 14.1. The van der Waals surface area contributed by atoms with Crippen molar-refractivity contribution in [3.63, 3.8) is 0 Å². The van der Waals surface area contributed by atoms with Gasteiger partial charge in [-0.2, -0.15) is 0 Å². The lowest BCUT2D eigenvalue weighted by molar-refractivity contribution is -0.121. The third-order valence-electron chi connectivity index (χ3n) is 3.63. The van der Waals surface area contributed by atoms with E-state index in [0.29, 0.717) is 17.5 Å². The van der Waals surface area contributed by atoms with E-state index in [2.05, 4.69) is 24.5 Å². The standard InChI is InChI=1S/C16H23ClN2O.ClH/c1-11(2)16(13-5-7-14(17)8-6-13)19-15(20)10-18-9-12-3-4-12;/h5-8,11-12,16,18H,3-4,9-10H2,1-2H3,(H,19,20);1H. The zero-order chi connectivity index (χ0) is 14.5. The number of carbonyl (C=O) groups is 1. The van der Waals surface area contributed by atoms with Gasteiger partial charge in [-0.15, -0.1) is 12.4 Å². The fourth-order valence-electron chi connectivity index (χ4n) is 2.24. The van der Waals surface area contributed by atoms with Crippen molar-refractivity contribution in [2.45, 2.75) is 32.7 Å². The fourth-order valence-corrected chi connectivity index (χ4v) is 2.37. The number of carbonyl (C=O) groups excluding carboxylic acids is 1. The van der Waals surface area contributed by atoms with Crippen molar-refractivity contribution in [3.05, 3.63) is 34.9 Å². The molecule has 3 nitrogen and oxygen atoms in total. The number of hydrogen-bond donors (Lipinski definition) is 2. The normalized spacial score (nSPS) is 15.4. The van der Waals surface area contributed by atoms with E-state index in [9.17, 15) is 4.79 Å². The minimum atomic E-state index is 0. The molecule has 0 aliphatic heterocycles. The maximum Gasteiger partial charge on any atom is 0.234 e. The predicted molar refractivity (Wildman–Crippen MR) is 90.0 cm³/mol. The first-order valence-corrected chi connectivity index (χ1v) is 7.69. The Balaban J connectivity index is 0.00000220. The van der Waals surface area contributed by atoms with Crippen molar-refractivity contribution in [3.8, 4) is 0 Å². The van der Waals surface area contributed by atoms with Crippen LogP contribution in [-0.2, 0) is 4.79 Å². The second-order valence-corrected chi connectivity index (χ2v) is 6.35. The first kappa shape index (κ1) is 18.3. The molecule has 0 radical (unpaired) electrons. The molecular weight excluding hydrogens is 307 g/mol. The van der Waals surface area contributed by atoms with Crippen LogP contribution in [0, 0.1) is 11.8 Å². The summed E-state index contributed by atoms with van der Waals surface area (Å²) in [6.45, 7) is 5.57. The van der Waals surface area contributed by atoms with Crippen molar-refractivity contribution in [1.29, 1.82) is 0 Å². The van der Waals surface area contributed by atoms with Gasteiger partial charge >= 0.3 is 0 Å². The molecule has 0 spiro atoms. The van der Waals surface area contributed by atoms with Gasteiger partial charge < -0.3 is 10.6 Å². The number of halogens is 2. The number of rotatable bonds is 7. The monoisotopic (exact) mass is 330 g/mol. The highest BCUT2D eigenvalue weighted by Gasteiger charge is 2.21. The van der Waals surface area contributed by atoms with E-state index in [1.54, 1.807) is 0 Å². The Bertz CT molecular complexity index is 444. The van der Waals surface area contributed by atoms with Crippen LogP contribution in [0.25, 0.3) is 0 Å². The molecule has 5 heteroatoms. The van der Waals surface area contributed by atoms with Crippen LogP contribution in [0.5, 0.6) is 0 Å². The molecule has 1 aromatic carbocycles. The largest absolute Gasteiger partial charge is 0.348 e. The number of amides is 1. The summed E-state index contributed by atoms with van der Waals surface area (Å²) in [5.41, 5.74) is 1.10. The Morgan fingerprint density at radius 1 is 1.29 bits per heavy atom. The Hall–Kier alpha value is -0.770. The third kappa shape index (κ3) is 6.25. The van der Waals surface area contributed by atoms with Crippen molar-refractivity contribution < 1.29 is 4.79 Å². The summed E-state index contributed by atoms with van der Waals surface area (Å²) in [6, 6.07) is 7.71. The second kappa shape index (κ2) is 8.62. The van der Waals surface area contributed by atoms with Crippen LogP contribution in [0.15, 0.2) is 24.3 Å². The van der Waals surface area contributed by atoms with Gasteiger partial charge in [0.05, 0.1) is 12.6 Å². The summed E-state index contributed by atoms with van der Waals surface area (Å²) in [5, 5.41) is 7.04. The number of nitrogens with one attached hydrogen (secondary N) is 2. The highest BCUT2D eigenvalue weighted by atomic mass is 35.5. The van der Waals surface area contributed by atoms with Crippen LogP contribution in [0.1, 0.15) is 38.3 Å². The van der Waals surface area contributed by atoms with E-state index in [0.717, 1.165) is 18.0 Å². The Labute approximate surface area is 138 Å². The minimum Gasteiger partial charge on any atom is -0.348 e. The van der Waals surface area contributed by atoms with Crippen molar-refractivity contribution in [2.24, 2.45) is 11.8 Å². The van der Waals surface area contributed by atoms with E-state index in [-0.39, 0.29) is 24.4 Å². The average Bonchev–Trinajstić information content (AvgIpc) is 3.21. The molecule has 21 heavy (non-hydrogen) atoms. The molecule has 118 valence electrons. The van der Waals surface area contributed by atoms with E-state index in [1.165, 1.54) is 12.8 Å². The molecule has 0 saturated heterocycles. The molecule has 1 aliphatic rings. The van der Waals surface area contributed by atoms with Gasteiger partial charge in [0.15, 0.2) is 0 Å². The molecule has 0 aromatic heterocycles. The molecule has 1 saturated carbocycles. The molecule has 2 rings (SSSR count). The zero-order valence-electron chi connectivity index (χ0n) is 12.6. The third-order valence-corrected chi connectivity index (χ3v) is 3.88. The van der Waals surface area contributed by atoms with Gasteiger partial charge in [0.25, 0.3) is 0 Å². The summed E-state index contributed by atoms with van der Waals surface area (Å²) in [6.07, 6.45) is 2.60. The molecular formula is C16H24Cl2N2O. The van der Waals surface area contributed by atoms with Crippen LogP contribution in [0.4, 0.5) is 0 Å². The van der Waals surface area contributed by atoms with E-state index in [4.69, 9.17) is 11.6 Å². The minimum absolute atomic E-state index is 0. The summed E-state index contributed by atoms with van der Waals surface area (Å²) >= 11 is 5.91. The van der Waals surface area contributed by atoms with E-state index in [1.807, 2.05) is 24.3 Å². The second-order valence-electron chi connectivity index (χ2n) is 5.92. The van der Waals surface area contributed by atoms with E-state index < -0.39 is 0 Å². The van der Waals surface area contributed by atoms with Crippen molar-refractivity contribution in [2.75, 3.05) is 13.1 Å². The molecule has 1 amide bonds. The quantitative estimate of drug-likeness (QED) is 0.802. The van der Waals surface area contributed by atoms with Crippen LogP contribution < -0.4 is 10.6 Å². The lowest BCUT2D eigenvalue weighted by Gasteiger charge is -2.23. The molecule has 1 aliphatic carbocycles. The van der Waals surface area contributed by atoms with Gasteiger partial charge in [0, 0.05) is 5.02 Å². The first-order valence-electron chi connectivity index (χ1n) is 7.32. The van der Waals surface area contributed by atoms with E-state index >= 15 is 0 Å². The summed E-state index contributed by atoms with van der Waals surface area (Å²) < 4.78 is 0. The van der Waals surface area contributed by atoms with Gasteiger partial charge in [-0.1, -0.05) is 37.6 Å². The molecule has 0 bridgehead atoms.